The quantitative estimate of drug-likeness (QED) is 0.666. The van der Waals surface area contributed by atoms with Crippen LogP contribution >= 0.6 is 11.6 Å². The molecule has 2 heterocycles. The summed E-state index contributed by atoms with van der Waals surface area (Å²) in [7, 11) is 1.75. The fourth-order valence-electron chi connectivity index (χ4n) is 3.72. The van der Waals surface area contributed by atoms with E-state index in [1.54, 1.807) is 17.8 Å². The normalized spacial score (nSPS) is 14.1. The lowest BCUT2D eigenvalue weighted by Gasteiger charge is -2.27. The summed E-state index contributed by atoms with van der Waals surface area (Å²) in [6.45, 7) is 8.42. The van der Waals surface area contributed by atoms with Crippen molar-refractivity contribution in [2.45, 2.75) is 39.7 Å². The molecule has 2 N–H and O–H groups in total. The number of nitrogens with two attached hydrogens (primary N) is 1. The fraction of sp³-hybridized carbons (Fsp3) is 0.429. The summed E-state index contributed by atoms with van der Waals surface area (Å²) in [6.07, 6.45) is 2.55. The molecule has 5 nitrogen and oxygen atoms in total. The van der Waals surface area contributed by atoms with Crippen molar-refractivity contribution in [3.05, 3.63) is 45.5 Å². The first-order valence-corrected chi connectivity index (χ1v) is 9.48. The smallest absolute Gasteiger partial charge is 0.260 e. The van der Waals surface area contributed by atoms with Crippen LogP contribution < -0.4 is 16.0 Å². The minimum absolute atomic E-state index is 0.0835. The van der Waals surface area contributed by atoms with Gasteiger partial charge in [0.25, 0.3) is 5.56 Å². The number of hydrogen-bond acceptors (Lipinski definition) is 4. The topological polar surface area (TPSA) is 70.1 Å². The third-order valence-corrected chi connectivity index (χ3v) is 5.09. The standard InChI is InChI=1S/C21H26ClN3O2/c1-12(2)10-21(4,23)11-27-18-9-17-15(8-16(18)22)14-6-7-24-13(3)19(14)20(26)25(17)5/h6-9,12H,10-11,23H2,1-5H3. The molecule has 1 aromatic carbocycles. The van der Waals surface area contributed by atoms with Crippen LogP contribution in [-0.2, 0) is 7.05 Å². The van der Waals surface area contributed by atoms with Crippen molar-refractivity contribution in [2.75, 3.05) is 6.61 Å². The first-order valence-electron chi connectivity index (χ1n) is 9.10. The van der Waals surface area contributed by atoms with Crippen molar-refractivity contribution >= 4 is 33.3 Å². The van der Waals surface area contributed by atoms with Gasteiger partial charge in [0, 0.05) is 30.2 Å². The molecule has 0 bridgehead atoms. The zero-order chi connectivity index (χ0) is 19.9. The van der Waals surface area contributed by atoms with E-state index < -0.39 is 5.54 Å². The number of rotatable bonds is 5. The van der Waals surface area contributed by atoms with Crippen LogP contribution in [0.15, 0.2) is 29.2 Å². The Labute approximate surface area is 164 Å². The van der Waals surface area contributed by atoms with Gasteiger partial charge in [0.2, 0.25) is 0 Å². The van der Waals surface area contributed by atoms with E-state index >= 15 is 0 Å². The maximum Gasteiger partial charge on any atom is 0.260 e. The number of nitrogens with zero attached hydrogens (tertiary/aromatic N) is 2. The molecule has 6 heteroatoms. The minimum Gasteiger partial charge on any atom is -0.490 e. The SMILES string of the molecule is Cc1nccc2c1c(=O)n(C)c1cc(OCC(C)(N)CC(C)C)c(Cl)cc21. The van der Waals surface area contributed by atoms with Crippen molar-refractivity contribution in [1.82, 2.24) is 9.55 Å². The molecule has 27 heavy (non-hydrogen) atoms. The molecule has 0 saturated carbocycles. The van der Waals surface area contributed by atoms with Crippen LogP contribution in [0.4, 0.5) is 0 Å². The molecule has 3 aromatic rings. The molecule has 0 aliphatic rings. The summed E-state index contributed by atoms with van der Waals surface area (Å²) in [6, 6.07) is 5.52. The Morgan fingerprint density at radius 2 is 2.04 bits per heavy atom. The Bertz CT molecular complexity index is 1070. The van der Waals surface area contributed by atoms with Gasteiger partial charge in [0.1, 0.15) is 12.4 Å². The second-order valence-electron chi connectivity index (χ2n) is 8.02. The molecule has 144 valence electrons. The van der Waals surface area contributed by atoms with Gasteiger partial charge < -0.3 is 15.0 Å². The molecule has 0 radical (unpaired) electrons. The van der Waals surface area contributed by atoms with Crippen molar-refractivity contribution in [1.29, 1.82) is 0 Å². The molecular formula is C21H26ClN3O2. The second-order valence-corrected chi connectivity index (χ2v) is 8.43. The van der Waals surface area contributed by atoms with Crippen LogP contribution in [0.5, 0.6) is 5.75 Å². The Morgan fingerprint density at radius 1 is 1.33 bits per heavy atom. The van der Waals surface area contributed by atoms with Crippen LogP contribution in [0.1, 0.15) is 32.9 Å². The lowest BCUT2D eigenvalue weighted by atomic mass is 9.93. The van der Waals surface area contributed by atoms with Crippen molar-refractivity contribution < 1.29 is 4.74 Å². The van der Waals surface area contributed by atoms with Crippen LogP contribution in [-0.4, -0.2) is 21.7 Å². The summed E-state index contributed by atoms with van der Waals surface area (Å²) < 4.78 is 7.57. The second kappa shape index (κ2) is 7.13. The Balaban J connectivity index is 2.11. The third kappa shape index (κ3) is 3.80. The zero-order valence-electron chi connectivity index (χ0n) is 16.5. The van der Waals surface area contributed by atoms with Crippen LogP contribution in [0, 0.1) is 12.8 Å². The van der Waals surface area contributed by atoms with Crippen LogP contribution in [0.25, 0.3) is 21.7 Å². The molecule has 2 aromatic heterocycles. The highest BCUT2D eigenvalue weighted by Crippen LogP contribution is 2.33. The summed E-state index contributed by atoms with van der Waals surface area (Å²) >= 11 is 6.50. The van der Waals surface area contributed by atoms with E-state index in [-0.39, 0.29) is 5.56 Å². The average molecular weight is 388 g/mol. The summed E-state index contributed by atoms with van der Waals surface area (Å²) in [5.41, 5.74) is 7.28. The Morgan fingerprint density at radius 3 is 2.70 bits per heavy atom. The predicted molar refractivity (Wildman–Crippen MR) is 112 cm³/mol. The molecule has 1 unspecified atom stereocenters. The van der Waals surface area contributed by atoms with E-state index in [1.165, 1.54) is 0 Å². The number of halogens is 1. The van der Waals surface area contributed by atoms with Gasteiger partial charge in [-0.15, -0.1) is 0 Å². The summed E-state index contributed by atoms with van der Waals surface area (Å²) in [5, 5.41) is 2.85. The molecule has 0 aliphatic heterocycles. The molecule has 0 amide bonds. The van der Waals surface area contributed by atoms with Crippen molar-refractivity contribution in [3.63, 3.8) is 0 Å². The Hall–Kier alpha value is -2.11. The number of pyridine rings is 2. The average Bonchev–Trinajstić information content (AvgIpc) is 2.57. The first-order chi connectivity index (χ1) is 12.6. The number of aryl methyl sites for hydroxylation is 2. The maximum atomic E-state index is 12.8. The fourth-order valence-corrected chi connectivity index (χ4v) is 3.94. The van der Waals surface area contributed by atoms with Crippen LogP contribution in [0.3, 0.4) is 0 Å². The lowest BCUT2D eigenvalue weighted by Crippen LogP contribution is -2.43. The summed E-state index contributed by atoms with van der Waals surface area (Å²) in [4.78, 5) is 17.1. The molecule has 0 aliphatic carbocycles. The van der Waals surface area contributed by atoms with Gasteiger partial charge in [0.15, 0.2) is 0 Å². The number of ether oxygens (including phenoxy) is 1. The van der Waals surface area contributed by atoms with Gasteiger partial charge in [-0.25, -0.2) is 0 Å². The highest BCUT2D eigenvalue weighted by molar-refractivity contribution is 6.33. The van der Waals surface area contributed by atoms with Gasteiger partial charge >= 0.3 is 0 Å². The van der Waals surface area contributed by atoms with E-state index in [0.29, 0.717) is 34.4 Å². The van der Waals surface area contributed by atoms with Crippen LogP contribution in [0.2, 0.25) is 5.02 Å². The van der Waals surface area contributed by atoms with Crippen molar-refractivity contribution in [2.24, 2.45) is 18.7 Å². The van der Waals surface area contributed by atoms with Gasteiger partial charge in [-0.3, -0.25) is 9.78 Å². The van der Waals surface area contributed by atoms with Gasteiger partial charge in [-0.05, 0) is 43.7 Å². The molecule has 0 spiro atoms. The molecule has 0 saturated heterocycles. The predicted octanol–water partition coefficient (Wildman–Crippen LogP) is 4.19. The summed E-state index contributed by atoms with van der Waals surface area (Å²) in [5.74, 6) is 1.00. The van der Waals surface area contributed by atoms with E-state index in [9.17, 15) is 4.79 Å². The largest absolute Gasteiger partial charge is 0.490 e. The van der Waals surface area contributed by atoms with E-state index in [0.717, 1.165) is 22.7 Å². The monoisotopic (exact) mass is 387 g/mol. The van der Waals surface area contributed by atoms with Gasteiger partial charge in [-0.1, -0.05) is 25.4 Å². The number of benzene rings is 1. The number of fused-ring (bicyclic) bond motifs is 3. The first kappa shape index (κ1) is 19.6. The van der Waals surface area contributed by atoms with Crippen molar-refractivity contribution in [3.8, 4) is 5.75 Å². The number of hydrogen-bond donors (Lipinski definition) is 1. The number of aromatic nitrogens is 2. The van der Waals surface area contributed by atoms with Gasteiger partial charge in [-0.2, -0.15) is 0 Å². The molecule has 0 fully saturated rings. The van der Waals surface area contributed by atoms with Gasteiger partial charge in [0.05, 0.1) is 21.6 Å². The Kier molecular flexibility index (Phi) is 5.19. The molecule has 3 rings (SSSR count). The molecular weight excluding hydrogens is 362 g/mol. The third-order valence-electron chi connectivity index (χ3n) is 4.79. The highest BCUT2D eigenvalue weighted by Gasteiger charge is 2.22. The zero-order valence-corrected chi connectivity index (χ0v) is 17.2. The lowest BCUT2D eigenvalue weighted by molar-refractivity contribution is 0.207. The highest BCUT2D eigenvalue weighted by atomic mass is 35.5. The van der Waals surface area contributed by atoms with E-state index in [1.807, 2.05) is 32.0 Å². The minimum atomic E-state index is -0.454. The maximum absolute atomic E-state index is 12.8. The van der Waals surface area contributed by atoms with E-state index in [4.69, 9.17) is 22.1 Å². The van der Waals surface area contributed by atoms with E-state index in [2.05, 4.69) is 18.8 Å². The molecule has 1 atom stereocenters.